The molecule has 0 aromatic heterocycles. The Bertz CT molecular complexity index is 877. The molecular formula is C19H30N8O8. The van der Waals surface area contributed by atoms with E-state index in [-0.39, 0.29) is 19.5 Å². The predicted molar refractivity (Wildman–Crippen MR) is 117 cm³/mol. The molecule has 2 atom stereocenters. The monoisotopic (exact) mass is 498 g/mol. The Kier molecular flexibility index (Phi) is 11.6. The summed E-state index contributed by atoms with van der Waals surface area (Å²) in [5.74, 6) is -5.57. The standard InChI is InChI=1S/C19H30N8O8/c1-10(28)22-7-15(31)24-9-17(33)26-11(5-13(20)29)19(35)27-4-2-3-12(27)18(34)25-8-16(32)23-6-14(21)30/h11-12H,2-9H2,1H3,(H2,20,29)(H2,21,30)(H,22,28)(H,23,32)(H,24,31)(H,25,34)(H,26,33)/t11-,12-/m0/s1. The molecule has 16 heteroatoms. The van der Waals surface area contributed by atoms with Gasteiger partial charge in [-0.1, -0.05) is 0 Å². The minimum atomic E-state index is -1.39. The molecule has 1 rings (SSSR count). The van der Waals surface area contributed by atoms with Gasteiger partial charge in [0.15, 0.2) is 0 Å². The maximum Gasteiger partial charge on any atom is 0.246 e. The quantitative estimate of drug-likeness (QED) is 0.128. The van der Waals surface area contributed by atoms with Gasteiger partial charge in [0, 0.05) is 13.5 Å². The molecule has 9 N–H and O–H groups in total. The zero-order valence-corrected chi connectivity index (χ0v) is 19.2. The molecule has 1 heterocycles. The molecule has 1 aliphatic rings. The number of likely N-dealkylation sites (tertiary alicyclic amines) is 1. The molecule has 35 heavy (non-hydrogen) atoms. The maximum atomic E-state index is 13.0. The number of primary amides is 2. The van der Waals surface area contributed by atoms with E-state index in [1.165, 1.54) is 11.8 Å². The molecule has 8 amide bonds. The van der Waals surface area contributed by atoms with E-state index in [4.69, 9.17) is 11.5 Å². The summed E-state index contributed by atoms with van der Waals surface area (Å²) in [6.07, 6.45) is 0.176. The fourth-order valence-electron chi connectivity index (χ4n) is 3.13. The van der Waals surface area contributed by atoms with Crippen LogP contribution >= 0.6 is 0 Å². The third-order valence-electron chi connectivity index (χ3n) is 4.70. The highest BCUT2D eigenvalue weighted by atomic mass is 16.2. The van der Waals surface area contributed by atoms with Crippen molar-refractivity contribution in [1.82, 2.24) is 31.5 Å². The molecule has 0 radical (unpaired) electrons. The van der Waals surface area contributed by atoms with E-state index in [0.717, 1.165) is 0 Å². The van der Waals surface area contributed by atoms with Crippen LogP contribution in [0.1, 0.15) is 26.2 Å². The van der Waals surface area contributed by atoms with Gasteiger partial charge >= 0.3 is 0 Å². The van der Waals surface area contributed by atoms with E-state index >= 15 is 0 Å². The van der Waals surface area contributed by atoms with Crippen molar-refractivity contribution in [2.24, 2.45) is 11.5 Å². The van der Waals surface area contributed by atoms with Gasteiger partial charge in [-0.05, 0) is 12.8 Å². The van der Waals surface area contributed by atoms with Gasteiger partial charge in [-0.2, -0.15) is 0 Å². The summed E-state index contributed by atoms with van der Waals surface area (Å²) in [6, 6.07) is -2.35. The molecule has 194 valence electrons. The summed E-state index contributed by atoms with van der Waals surface area (Å²) >= 11 is 0. The lowest BCUT2D eigenvalue weighted by atomic mass is 10.1. The number of nitrogens with zero attached hydrogens (tertiary/aromatic N) is 1. The molecule has 0 saturated carbocycles. The molecule has 0 aromatic rings. The average Bonchev–Trinajstić information content (AvgIpc) is 3.27. The van der Waals surface area contributed by atoms with E-state index in [9.17, 15) is 38.4 Å². The number of carbonyl (C=O) groups excluding carboxylic acids is 8. The first kappa shape index (κ1) is 28.8. The Balaban J connectivity index is 2.71. The van der Waals surface area contributed by atoms with Crippen LogP contribution in [0.25, 0.3) is 0 Å². The highest BCUT2D eigenvalue weighted by Crippen LogP contribution is 2.19. The molecule has 0 unspecified atom stereocenters. The topological polar surface area (TPSA) is 252 Å². The van der Waals surface area contributed by atoms with Crippen molar-refractivity contribution < 1.29 is 38.4 Å². The van der Waals surface area contributed by atoms with Gasteiger partial charge in [-0.15, -0.1) is 0 Å². The molecule has 0 spiro atoms. The Hall–Kier alpha value is -4.24. The lowest BCUT2D eigenvalue weighted by Crippen LogP contribution is -2.56. The van der Waals surface area contributed by atoms with Gasteiger partial charge in [0.1, 0.15) is 12.1 Å². The Morgan fingerprint density at radius 1 is 0.800 bits per heavy atom. The van der Waals surface area contributed by atoms with Crippen LogP contribution in [0.15, 0.2) is 0 Å². The Morgan fingerprint density at radius 3 is 1.94 bits per heavy atom. The summed E-state index contributed by atoms with van der Waals surface area (Å²) in [6.45, 7) is -0.369. The van der Waals surface area contributed by atoms with Crippen LogP contribution in [-0.4, -0.2) is 97.0 Å². The van der Waals surface area contributed by atoms with E-state index in [1.54, 1.807) is 0 Å². The van der Waals surface area contributed by atoms with E-state index < -0.39 is 85.4 Å². The molecule has 1 aliphatic heterocycles. The number of carbonyl (C=O) groups is 8. The molecular weight excluding hydrogens is 468 g/mol. The van der Waals surface area contributed by atoms with Crippen LogP contribution in [0.5, 0.6) is 0 Å². The van der Waals surface area contributed by atoms with Crippen molar-refractivity contribution >= 4 is 47.3 Å². The summed E-state index contributed by atoms with van der Waals surface area (Å²) in [4.78, 5) is 95.1. The number of hydrogen-bond acceptors (Lipinski definition) is 8. The van der Waals surface area contributed by atoms with E-state index in [0.29, 0.717) is 6.42 Å². The molecule has 1 saturated heterocycles. The minimum absolute atomic E-state index is 0.156. The fraction of sp³-hybridized carbons (Fsp3) is 0.579. The zero-order chi connectivity index (χ0) is 26.5. The lowest BCUT2D eigenvalue weighted by molar-refractivity contribution is -0.142. The molecule has 0 bridgehead atoms. The van der Waals surface area contributed by atoms with Crippen LogP contribution in [0.2, 0.25) is 0 Å². The van der Waals surface area contributed by atoms with E-state index in [2.05, 4.69) is 26.6 Å². The number of rotatable bonds is 13. The average molecular weight is 498 g/mol. The van der Waals surface area contributed by atoms with Gasteiger partial charge in [0.25, 0.3) is 0 Å². The first-order chi connectivity index (χ1) is 16.4. The van der Waals surface area contributed by atoms with Gasteiger partial charge < -0.3 is 43.0 Å². The fourth-order valence-corrected chi connectivity index (χ4v) is 3.13. The second-order valence-electron chi connectivity index (χ2n) is 7.63. The zero-order valence-electron chi connectivity index (χ0n) is 19.2. The smallest absolute Gasteiger partial charge is 0.246 e. The van der Waals surface area contributed by atoms with Crippen molar-refractivity contribution in [3.63, 3.8) is 0 Å². The second kappa shape index (κ2) is 14.1. The van der Waals surface area contributed by atoms with Crippen LogP contribution < -0.4 is 38.1 Å². The second-order valence-corrected chi connectivity index (χ2v) is 7.63. The third-order valence-corrected chi connectivity index (χ3v) is 4.70. The van der Waals surface area contributed by atoms with Crippen molar-refractivity contribution in [2.45, 2.75) is 38.3 Å². The van der Waals surface area contributed by atoms with Crippen LogP contribution in [0.4, 0.5) is 0 Å². The summed E-state index contributed by atoms with van der Waals surface area (Å²) in [5.41, 5.74) is 10.1. The number of nitrogens with one attached hydrogen (secondary N) is 5. The van der Waals surface area contributed by atoms with Crippen LogP contribution in [-0.2, 0) is 38.4 Å². The SMILES string of the molecule is CC(=O)NCC(=O)NCC(=O)N[C@@H](CC(N)=O)C(=O)N1CCC[C@H]1C(=O)NCC(=O)NCC(N)=O. The maximum absolute atomic E-state index is 13.0. The van der Waals surface area contributed by atoms with Gasteiger partial charge in [0.05, 0.1) is 32.6 Å². The van der Waals surface area contributed by atoms with Crippen molar-refractivity contribution in [3.05, 3.63) is 0 Å². The summed E-state index contributed by atoms with van der Waals surface area (Å²) in [5, 5.41) is 11.3. The van der Waals surface area contributed by atoms with Gasteiger partial charge in [-0.25, -0.2) is 0 Å². The molecule has 1 fully saturated rings. The minimum Gasteiger partial charge on any atom is -0.370 e. The predicted octanol–water partition coefficient (Wildman–Crippen LogP) is -5.69. The van der Waals surface area contributed by atoms with Crippen molar-refractivity contribution in [3.8, 4) is 0 Å². The Morgan fingerprint density at radius 2 is 1.37 bits per heavy atom. The highest BCUT2D eigenvalue weighted by molar-refractivity contribution is 5.96. The highest BCUT2D eigenvalue weighted by Gasteiger charge is 2.38. The van der Waals surface area contributed by atoms with Crippen LogP contribution in [0, 0.1) is 0 Å². The van der Waals surface area contributed by atoms with Crippen molar-refractivity contribution in [1.29, 1.82) is 0 Å². The number of amides is 8. The molecule has 0 aromatic carbocycles. The van der Waals surface area contributed by atoms with Gasteiger partial charge in [-0.3, -0.25) is 38.4 Å². The summed E-state index contributed by atoms with van der Waals surface area (Å²) < 4.78 is 0. The van der Waals surface area contributed by atoms with Crippen molar-refractivity contribution in [2.75, 3.05) is 32.7 Å². The number of nitrogens with two attached hydrogens (primary N) is 2. The first-order valence-corrected chi connectivity index (χ1v) is 10.6. The third kappa shape index (κ3) is 11.0. The van der Waals surface area contributed by atoms with Crippen LogP contribution in [0.3, 0.4) is 0 Å². The number of hydrogen-bond donors (Lipinski definition) is 7. The lowest BCUT2D eigenvalue weighted by Gasteiger charge is -2.28. The molecule has 0 aliphatic carbocycles. The van der Waals surface area contributed by atoms with E-state index in [1.807, 2.05) is 0 Å². The van der Waals surface area contributed by atoms with Gasteiger partial charge in [0.2, 0.25) is 47.3 Å². The first-order valence-electron chi connectivity index (χ1n) is 10.6. The molecule has 16 nitrogen and oxygen atoms in total. The largest absolute Gasteiger partial charge is 0.370 e. The summed E-state index contributed by atoms with van der Waals surface area (Å²) in [7, 11) is 0. The Labute approximate surface area is 200 Å². The normalized spacial score (nSPS) is 15.3.